The van der Waals surface area contributed by atoms with Gasteiger partial charge in [0.25, 0.3) is 0 Å². The first-order valence-electron chi connectivity index (χ1n) is 9.40. The van der Waals surface area contributed by atoms with Gasteiger partial charge in [0, 0.05) is 32.2 Å². The fourth-order valence-corrected chi connectivity index (χ4v) is 3.66. The lowest BCUT2D eigenvalue weighted by molar-refractivity contribution is -0.137. The number of nitrogens with zero attached hydrogens (tertiary/aromatic N) is 3. The molecule has 2 aromatic rings. The molecule has 0 N–H and O–H groups in total. The molecular weight excluding hydrogens is 367 g/mol. The zero-order valence-electron chi connectivity index (χ0n) is 15.8. The highest BCUT2D eigenvalue weighted by atomic mass is 19.4. The van der Waals surface area contributed by atoms with Crippen LogP contribution in [-0.2, 0) is 6.18 Å². The van der Waals surface area contributed by atoms with Crippen molar-refractivity contribution in [2.24, 2.45) is 4.99 Å². The smallest absolute Gasteiger partial charge is 0.418 e. The van der Waals surface area contributed by atoms with Crippen molar-refractivity contribution in [2.75, 3.05) is 26.2 Å². The number of fused-ring (bicyclic) bond motifs is 2. The molecule has 0 spiro atoms. The minimum atomic E-state index is -4.50. The number of hydrogen-bond donors (Lipinski definition) is 0. The maximum Gasteiger partial charge on any atom is 0.418 e. The molecule has 4 nitrogen and oxygen atoms in total. The van der Waals surface area contributed by atoms with E-state index >= 15 is 0 Å². The Balaban J connectivity index is 1.81. The van der Waals surface area contributed by atoms with E-state index in [2.05, 4.69) is 28.6 Å². The van der Waals surface area contributed by atoms with Crippen LogP contribution in [0.5, 0.6) is 11.5 Å². The van der Waals surface area contributed by atoms with Gasteiger partial charge >= 0.3 is 6.18 Å². The number of alkyl halides is 3. The number of ether oxygens (including phenoxy) is 1. The van der Waals surface area contributed by atoms with Crippen LogP contribution in [0.2, 0.25) is 0 Å². The predicted octanol–water partition coefficient (Wildman–Crippen LogP) is 4.92. The topological polar surface area (TPSA) is 28.1 Å². The molecule has 2 aliphatic heterocycles. The summed E-state index contributed by atoms with van der Waals surface area (Å²) in [6, 6.07) is 11.7. The summed E-state index contributed by atoms with van der Waals surface area (Å²) >= 11 is 0. The second-order valence-electron chi connectivity index (χ2n) is 7.30. The molecule has 0 aromatic heterocycles. The highest BCUT2D eigenvalue weighted by Gasteiger charge is 2.37. The van der Waals surface area contributed by atoms with E-state index in [1.807, 2.05) is 18.2 Å². The van der Waals surface area contributed by atoms with Crippen molar-refractivity contribution >= 4 is 11.5 Å². The normalized spacial score (nSPS) is 17.5. The number of benzene rings is 2. The lowest BCUT2D eigenvalue weighted by Gasteiger charge is -2.38. The van der Waals surface area contributed by atoms with Gasteiger partial charge in [0.05, 0.1) is 11.1 Å². The Morgan fingerprint density at radius 1 is 0.929 bits per heavy atom. The Kier molecular flexibility index (Phi) is 4.79. The standard InChI is InChI=1S/C21H22F3N3O/c1-14(2)26-10-12-27(13-11-26)20-15-6-3-4-8-17(15)28-18-9-5-7-16(19(18)25-20)21(22,23)24/h3-9,14H,10-13H2,1-2H3. The molecule has 0 amide bonds. The van der Waals surface area contributed by atoms with Gasteiger partial charge in [-0.15, -0.1) is 0 Å². The number of piperazine rings is 1. The minimum absolute atomic E-state index is 0.123. The summed E-state index contributed by atoms with van der Waals surface area (Å²) in [6.45, 7) is 7.38. The maximum atomic E-state index is 13.6. The third-order valence-corrected chi connectivity index (χ3v) is 5.21. The average Bonchev–Trinajstić information content (AvgIpc) is 2.83. The molecule has 0 atom stereocenters. The Labute approximate surface area is 162 Å². The number of para-hydroxylation sites is 2. The van der Waals surface area contributed by atoms with Crippen LogP contribution < -0.4 is 4.74 Å². The van der Waals surface area contributed by atoms with Crippen LogP contribution in [0.4, 0.5) is 18.9 Å². The van der Waals surface area contributed by atoms with Crippen LogP contribution in [0.15, 0.2) is 47.5 Å². The van der Waals surface area contributed by atoms with Crippen molar-refractivity contribution < 1.29 is 17.9 Å². The molecule has 2 heterocycles. The molecule has 0 bridgehead atoms. The second-order valence-corrected chi connectivity index (χ2v) is 7.30. The van der Waals surface area contributed by atoms with Gasteiger partial charge in [-0.2, -0.15) is 13.2 Å². The molecule has 148 valence electrons. The second kappa shape index (κ2) is 7.13. The molecule has 1 saturated heterocycles. The van der Waals surface area contributed by atoms with E-state index < -0.39 is 11.7 Å². The van der Waals surface area contributed by atoms with Gasteiger partial charge in [0.15, 0.2) is 5.75 Å². The van der Waals surface area contributed by atoms with Crippen LogP contribution in [0.3, 0.4) is 0 Å². The predicted molar refractivity (Wildman–Crippen MR) is 102 cm³/mol. The Hall–Kier alpha value is -2.54. The summed E-state index contributed by atoms with van der Waals surface area (Å²) in [5.41, 5.74) is -0.228. The highest BCUT2D eigenvalue weighted by Crippen LogP contribution is 2.45. The van der Waals surface area contributed by atoms with E-state index in [1.165, 1.54) is 12.1 Å². The monoisotopic (exact) mass is 389 g/mol. The van der Waals surface area contributed by atoms with Crippen molar-refractivity contribution in [1.82, 2.24) is 9.80 Å². The van der Waals surface area contributed by atoms with Gasteiger partial charge in [-0.3, -0.25) is 4.90 Å². The number of amidine groups is 1. The highest BCUT2D eigenvalue weighted by molar-refractivity contribution is 6.04. The zero-order chi connectivity index (χ0) is 19.9. The van der Waals surface area contributed by atoms with E-state index in [0.717, 1.165) is 19.2 Å². The Morgan fingerprint density at radius 2 is 1.61 bits per heavy atom. The summed E-state index contributed by atoms with van der Waals surface area (Å²) in [5.74, 6) is 1.18. The molecular formula is C21H22F3N3O. The molecule has 1 fully saturated rings. The minimum Gasteiger partial charge on any atom is -0.454 e. The van der Waals surface area contributed by atoms with Gasteiger partial charge in [-0.05, 0) is 38.1 Å². The van der Waals surface area contributed by atoms with Crippen LogP contribution >= 0.6 is 0 Å². The van der Waals surface area contributed by atoms with Crippen LogP contribution in [0, 0.1) is 0 Å². The number of halogens is 3. The molecule has 7 heteroatoms. The molecule has 0 radical (unpaired) electrons. The molecule has 2 aromatic carbocycles. The summed E-state index contributed by atoms with van der Waals surface area (Å²) in [7, 11) is 0. The van der Waals surface area contributed by atoms with Crippen LogP contribution in [0.25, 0.3) is 0 Å². The van der Waals surface area contributed by atoms with Gasteiger partial charge in [-0.1, -0.05) is 18.2 Å². The number of aliphatic imine (C=N–C) groups is 1. The van der Waals surface area contributed by atoms with Gasteiger partial charge in [0.2, 0.25) is 0 Å². The summed E-state index contributed by atoms with van der Waals surface area (Å²) in [6.07, 6.45) is -4.50. The molecule has 0 aliphatic carbocycles. The molecule has 2 aliphatic rings. The van der Waals surface area contributed by atoms with Crippen molar-refractivity contribution in [3.8, 4) is 11.5 Å². The summed E-state index contributed by atoms with van der Waals surface area (Å²) in [5, 5.41) is 0. The van der Waals surface area contributed by atoms with E-state index in [-0.39, 0.29) is 11.4 Å². The molecule has 0 saturated carbocycles. The molecule has 28 heavy (non-hydrogen) atoms. The number of hydrogen-bond acceptors (Lipinski definition) is 4. The summed E-state index contributed by atoms with van der Waals surface area (Å²) in [4.78, 5) is 8.93. The third-order valence-electron chi connectivity index (χ3n) is 5.21. The van der Waals surface area contributed by atoms with Crippen molar-refractivity contribution in [1.29, 1.82) is 0 Å². The van der Waals surface area contributed by atoms with Gasteiger partial charge < -0.3 is 9.64 Å². The SMILES string of the molecule is CC(C)N1CCN(C2=Nc3c(cccc3C(F)(F)F)Oc3ccccc32)CC1. The molecule has 4 rings (SSSR count). The molecule has 0 unspecified atom stereocenters. The first kappa shape index (κ1) is 18.8. The van der Waals surface area contributed by atoms with E-state index in [0.29, 0.717) is 36.3 Å². The Bertz CT molecular complexity index is 900. The van der Waals surface area contributed by atoms with Gasteiger partial charge in [-0.25, -0.2) is 4.99 Å². The zero-order valence-corrected chi connectivity index (χ0v) is 15.8. The van der Waals surface area contributed by atoms with Crippen molar-refractivity contribution in [3.63, 3.8) is 0 Å². The quantitative estimate of drug-likeness (QED) is 0.693. The van der Waals surface area contributed by atoms with E-state index in [9.17, 15) is 13.2 Å². The maximum absolute atomic E-state index is 13.6. The largest absolute Gasteiger partial charge is 0.454 e. The Morgan fingerprint density at radius 3 is 2.29 bits per heavy atom. The third kappa shape index (κ3) is 3.46. The lowest BCUT2D eigenvalue weighted by atomic mass is 10.1. The number of rotatable bonds is 1. The lowest BCUT2D eigenvalue weighted by Crippen LogP contribution is -2.50. The summed E-state index contributed by atoms with van der Waals surface area (Å²) < 4.78 is 46.7. The van der Waals surface area contributed by atoms with Crippen molar-refractivity contribution in [2.45, 2.75) is 26.1 Å². The van der Waals surface area contributed by atoms with Crippen molar-refractivity contribution in [3.05, 3.63) is 53.6 Å². The first-order valence-corrected chi connectivity index (χ1v) is 9.40. The van der Waals surface area contributed by atoms with E-state index in [4.69, 9.17) is 4.74 Å². The fraction of sp³-hybridized carbons (Fsp3) is 0.381. The van der Waals surface area contributed by atoms with Gasteiger partial charge in [0.1, 0.15) is 17.3 Å². The van der Waals surface area contributed by atoms with Crippen LogP contribution in [0.1, 0.15) is 25.0 Å². The first-order chi connectivity index (χ1) is 13.3. The van der Waals surface area contributed by atoms with E-state index in [1.54, 1.807) is 6.07 Å². The fourth-order valence-electron chi connectivity index (χ4n) is 3.66. The average molecular weight is 389 g/mol. The van der Waals surface area contributed by atoms with Crippen LogP contribution in [-0.4, -0.2) is 47.9 Å².